The van der Waals surface area contributed by atoms with Gasteiger partial charge in [0.25, 0.3) is 5.91 Å². The molecule has 0 fully saturated rings. The van der Waals surface area contributed by atoms with Crippen LogP contribution < -0.4 is 25.4 Å². The Labute approximate surface area is 220 Å². The fourth-order valence-corrected chi connectivity index (χ4v) is 4.16. The van der Waals surface area contributed by atoms with Gasteiger partial charge in [0.05, 0.1) is 32.6 Å². The molecule has 2 amide bonds. The van der Waals surface area contributed by atoms with E-state index in [1.54, 1.807) is 35.6 Å². The Morgan fingerprint density at radius 2 is 1.81 bits per heavy atom. The Morgan fingerprint density at radius 3 is 2.43 bits per heavy atom. The van der Waals surface area contributed by atoms with E-state index in [0.29, 0.717) is 35.8 Å². The highest BCUT2D eigenvalue weighted by atomic mass is 32.1. The zero-order chi connectivity index (χ0) is 26.8. The highest BCUT2D eigenvalue weighted by Gasteiger charge is 2.28. The van der Waals surface area contributed by atoms with Gasteiger partial charge in [0.1, 0.15) is 6.04 Å². The Kier molecular flexibility index (Phi) is 9.96. The van der Waals surface area contributed by atoms with E-state index in [1.807, 2.05) is 44.2 Å². The number of nitrogens with two attached hydrogens (primary N) is 1. The molecule has 0 saturated heterocycles. The van der Waals surface area contributed by atoms with Gasteiger partial charge in [-0.3, -0.25) is 19.8 Å². The van der Waals surface area contributed by atoms with Crippen LogP contribution in [-0.4, -0.2) is 47.6 Å². The van der Waals surface area contributed by atoms with Crippen LogP contribution in [0.25, 0.3) is 0 Å². The summed E-state index contributed by atoms with van der Waals surface area (Å²) in [7, 11) is 3.07. The minimum absolute atomic E-state index is 0.0456. The lowest BCUT2D eigenvalue weighted by Gasteiger charge is -2.25. The third kappa shape index (κ3) is 8.01. The maximum atomic E-state index is 13.7. The quantitative estimate of drug-likeness (QED) is 0.291. The van der Waals surface area contributed by atoms with Crippen molar-refractivity contribution >= 4 is 35.1 Å². The monoisotopic (exact) mass is 524 g/mol. The van der Waals surface area contributed by atoms with Crippen molar-refractivity contribution in [3.05, 3.63) is 65.0 Å². The zero-order valence-corrected chi connectivity index (χ0v) is 22.2. The molecule has 37 heavy (non-hydrogen) atoms. The van der Waals surface area contributed by atoms with Gasteiger partial charge in [-0.05, 0) is 47.1 Å². The minimum Gasteiger partial charge on any atom is -0.493 e. The van der Waals surface area contributed by atoms with E-state index in [2.05, 4.69) is 19.9 Å². The first kappa shape index (κ1) is 27.6. The van der Waals surface area contributed by atoms with Crippen LogP contribution in [-0.2, 0) is 22.6 Å². The summed E-state index contributed by atoms with van der Waals surface area (Å²) < 4.78 is 14.4. The summed E-state index contributed by atoms with van der Waals surface area (Å²) in [5.74, 6) is 0.918. The van der Waals surface area contributed by atoms with Crippen molar-refractivity contribution in [3.8, 4) is 11.5 Å². The van der Waals surface area contributed by atoms with Gasteiger partial charge in [-0.25, -0.2) is 4.99 Å². The van der Waals surface area contributed by atoms with Gasteiger partial charge in [-0.2, -0.15) is 0 Å². The molecule has 1 heterocycles. The first-order valence-electron chi connectivity index (χ1n) is 11.8. The molecule has 196 valence electrons. The number of rotatable bonds is 11. The lowest BCUT2D eigenvalue weighted by Crippen LogP contribution is -2.43. The van der Waals surface area contributed by atoms with Gasteiger partial charge in [0.2, 0.25) is 5.91 Å². The van der Waals surface area contributed by atoms with E-state index in [9.17, 15) is 9.59 Å². The van der Waals surface area contributed by atoms with Gasteiger partial charge < -0.3 is 15.2 Å². The summed E-state index contributed by atoms with van der Waals surface area (Å²) in [6.45, 7) is 4.29. The average molecular weight is 525 g/mol. The number of aliphatic imine (C=N–C) groups is 1. The Balaban J connectivity index is 1.77. The number of methoxy groups -OCH3 is 2. The fraction of sp³-hybridized carbons (Fsp3) is 0.346. The second kappa shape index (κ2) is 13.4. The van der Waals surface area contributed by atoms with Crippen LogP contribution in [0.2, 0.25) is 0 Å². The molecule has 0 unspecified atom stereocenters. The van der Waals surface area contributed by atoms with Crippen LogP contribution in [0.15, 0.2) is 58.9 Å². The number of ether oxygens (including phenoxy) is 2. The second-order valence-corrected chi connectivity index (χ2v) is 9.36. The lowest BCUT2D eigenvalue weighted by atomic mass is 10.0. The molecule has 1 atom stereocenters. The Bertz CT molecular complexity index is 1200. The van der Waals surface area contributed by atoms with Crippen molar-refractivity contribution < 1.29 is 19.1 Å². The molecule has 11 heteroatoms. The second-order valence-electron chi connectivity index (χ2n) is 8.75. The van der Waals surface area contributed by atoms with Gasteiger partial charge in [0, 0.05) is 0 Å². The molecule has 2 aromatic carbocycles. The van der Waals surface area contributed by atoms with Crippen molar-refractivity contribution in [2.24, 2.45) is 16.6 Å². The summed E-state index contributed by atoms with van der Waals surface area (Å²) in [6.07, 6.45) is 0.484. The average Bonchev–Trinajstić information content (AvgIpc) is 3.41. The van der Waals surface area contributed by atoms with E-state index in [4.69, 9.17) is 15.2 Å². The van der Waals surface area contributed by atoms with Crippen LogP contribution in [0.4, 0.5) is 5.82 Å². The Hall–Kier alpha value is -3.99. The largest absolute Gasteiger partial charge is 0.493 e. The number of nitrogens with one attached hydrogen (secondary N) is 1. The molecule has 0 bridgehead atoms. The van der Waals surface area contributed by atoms with Gasteiger partial charge in [-0.15, -0.1) is 5.10 Å². The van der Waals surface area contributed by atoms with Crippen molar-refractivity contribution in [2.45, 2.75) is 39.3 Å². The number of hydrogen-bond donors (Lipinski definition) is 2. The maximum absolute atomic E-state index is 13.7. The molecule has 0 radical (unpaired) electrons. The molecule has 3 N–H and O–H groups in total. The molecule has 3 rings (SSSR count). The summed E-state index contributed by atoms with van der Waals surface area (Å²) in [6, 6.07) is 14.0. The summed E-state index contributed by atoms with van der Waals surface area (Å²) in [5.41, 5.74) is 7.74. The SMILES string of the molecule is COc1ccc(CC(=O)NC(N)=N[C@H](CC(C)C)C(=O)N(Cc2ccccc2)c2csnn2)cc1OC. The van der Waals surface area contributed by atoms with Crippen molar-refractivity contribution in [1.82, 2.24) is 14.9 Å². The predicted octanol–water partition coefficient (Wildman–Crippen LogP) is 3.18. The first-order chi connectivity index (χ1) is 17.8. The smallest absolute Gasteiger partial charge is 0.253 e. The number of hydrogen-bond acceptors (Lipinski definition) is 8. The Morgan fingerprint density at radius 1 is 1.08 bits per heavy atom. The number of carbonyl (C=O) groups excluding carboxylic acids is 2. The van der Waals surface area contributed by atoms with E-state index in [-0.39, 0.29) is 30.1 Å². The highest BCUT2D eigenvalue weighted by molar-refractivity contribution is 7.03. The molecule has 0 aliphatic heterocycles. The van der Waals surface area contributed by atoms with Crippen molar-refractivity contribution in [2.75, 3.05) is 19.1 Å². The topological polar surface area (TPSA) is 132 Å². The number of nitrogens with zero attached hydrogens (tertiary/aromatic N) is 4. The molecule has 0 aliphatic rings. The standard InChI is InChI=1S/C26H32N6O4S/c1-17(2)12-20(25(34)32(23-16-37-31-30-23)15-18-8-6-5-7-9-18)28-26(27)29-24(33)14-19-10-11-21(35-3)22(13-19)36-4/h5-11,13,16-17,20H,12,14-15H2,1-4H3,(H3,27,28,29,33)/t20-/m1/s1. The molecule has 1 aromatic heterocycles. The lowest BCUT2D eigenvalue weighted by molar-refractivity contribution is -0.121. The van der Waals surface area contributed by atoms with Crippen LogP contribution >= 0.6 is 11.5 Å². The normalized spacial score (nSPS) is 12.2. The minimum atomic E-state index is -0.813. The first-order valence-corrected chi connectivity index (χ1v) is 12.6. The highest BCUT2D eigenvalue weighted by Crippen LogP contribution is 2.27. The van der Waals surface area contributed by atoms with Crippen molar-refractivity contribution in [1.29, 1.82) is 0 Å². The number of guanidine groups is 1. The van der Waals surface area contributed by atoms with E-state index >= 15 is 0 Å². The van der Waals surface area contributed by atoms with Crippen LogP contribution in [0.5, 0.6) is 11.5 Å². The molecule has 3 aromatic rings. The summed E-state index contributed by atoms with van der Waals surface area (Å²) in [5, 5.41) is 8.41. The third-order valence-electron chi connectivity index (χ3n) is 5.43. The fourth-order valence-electron chi connectivity index (χ4n) is 3.71. The number of benzene rings is 2. The number of aromatic nitrogens is 2. The van der Waals surface area contributed by atoms with Crippen LogP contribution in [0.3, 0.4) is 0 Å². The third-order valence-corrected chi connectivity index (χ3v) is 5.92. The predicted molar refractivity (Wildman–Crippen MR) is 144 cm³/mol. The number of carbonyl (C=O) groups is 2. The van der Waals surface area contributed by atoms with E-state index in [1.165, 1.54) is 7.11 Å². The van der Waals surface area contributed by atoms with Gasteiger partial charge in [-0.1, -0.05) is 54.7 Å². The van der Waals surface area contributed by atoms with E-state index in [0.717, 1.165) is 17.1 Å². The van der Waals surface area contributed by atoms with Gasteiger partial charge >= 0.3 is 0 Å². The van der Waals surface area contributed by atoms with Crippen LogP contribution in [0.1, 0.15) is 31.4 Å². The molecule has 0 spiro atoms. The molecular weight excluding hydrogens is 492 g/mol. The number of amides is 2. The molecule has 0 aliphatic carbocycles. The molecular formula is C26H32N6O4S. The zero-order valence-electron chi connectivity index (χ0n) is 21.4. The van der Waals surface area contributed by atoms with E-state index < -0.39 is 6.04 Å². The molecule has 10 nitrogen and oxygen atoms in total. The summed E-state index contributed by atoms with van der Waals surface area (Å²) in [4.78, 5) is 32.3. The summed E-state index contributed by atoms with van der Waals surface area (Å²) >= 11 is 1.16. The maximum Gasteiger partial charge on any atom is 0.253 e. The van der Waals surface area contributed by atoms with Gasteiger partial charge in [0.15, 0.2) is 23.3 Å². The van der Waals surface area contributed by atoms with Crippen LogP contribution in [0, 0.1) is 5.92 Å². The molecule has 0 saturated carbocycles. The number of anilines is 1. The van der Waals surface area contributed by atoms with Crippen molar-refractivity contribution in [3.63, 3.8) is 0 Å².